The second-order valence-corrected chi connectivity index (χ2v) is 7.50. The minimum atomic E-state index is -3.67. The van der Waals surface area contributed by atoms with Crippen LogP contribution in [0.1, 0.15) is 18.4 Å². The van der Waals surface area contributed by atoms with E-state index in [1.54, 1.807) is 12.0 Å². The molecule has 0 saturated carbocycles. The van der Waals surface area contributed by atoms with Crippen molar-refractivity contribution in [2.24, 2.45) is 11.1 Å². The van der Waals surface area contributed by atoms with Gasteiger partial charge in [-0.3, -0.25) is 4.79 Å². The summed E-state index contributed by atoms with van der Waals surface area (Å²) in [6, 6.07) is 9.79. The van der Waals surface area contributed by atoms with Crippen LogP contribution in [-0.2, 0) is 26.3 Å². The van der Waals surface area contributed by atoms with Gasteiger partial charge < -0.3 is 9.64 Å². The maximum Gasteiger partial charge on any atom is 0.276 e. The summed E-state index contributed by atoms with van der Waals surface area (Å²) in [6.45, 7) is 2.09. The summed E-state index contributed by atoms with van der Waals surface area (Å²) in [7, 11) is -2.06. The molecular weight excluding hydrogens is 330 g/mol. The number of piperidine rings is 1. The van der Waals surface area contributed by atoms with Gasteiger partial charge in [-0.2, -0.15) is 12.7 Å². The lowest BCUT2D eigenvalue weighted by atomic mass is 9.96. The molecule has 8 heteroatoms. The number of rotatable bonds is 7. The van der Waals surface area contributed by atoms with Gasteiger partial charge in [0.25, 0.3) is 10.2 Å². The molecule has 1 amide bonds. The zero-order valence-corrected chi connectivity index (χ0v) is 14.7. The third-order valence-electron chi connectivity index (χ3n) is 4.26. The molecular formula is C16H25N3O4S. The molecule has 0 bridgehead atoms. The molecule has 2 N–H and O–H groups in total. The lowest BCUT2D eigenvalue weighted by molar-refractivity contribution is -0.138. The van der Waals surface area contributed by atoms with Crippen molar-refractivity contribution in [3.63, 3.8) is 0 Å². The smallest absolute Gasteiger partial charge is 0.276 e. The van der Waals surface area contributed by atoms with E-state index in [0.29, 0.717) is 45.6 Å². The quantitative estimate of drug-likeness (QED) is 0.774. The van der Waals surface area contributed by atoms with E-state index >= 15 is 0 Å². The van der Waals surface area contributed by atoms with Crippen LogP contribution in [0.25, 0.3) is 0 Å². The predicted molar refractivity (Wildman–Crippen MR) is 91.1 cm³/mol. The van der Waals surface area contributed by atoms with E-state index in [2.05, 4.69) is 0 Å². The molecule has 0 atom stereocenters. The Hall–Kier alpha value is -1.48. The van der Waals surface area contributed by atoms with Crippen molar-refractivity contribution in [1.29, 1.82) is 0 Å². The van der Waals surface area contributed by atoms with Crippen LogP contribution in [0.2, 0.25) is 0 Å². The fourth-order valence-electron chi connectivity index (χ4n) is 2.89. The number of nitrogens with two attached hydrogens (primary N) is 1. The summed E-state index contributed by atoms with van der Waals surface area (Å²) in [5.74, 6) is -0.131. The Morgan fingerprint density at radius 2 is 1.92 bits per heavy atom. The molecule has 0 unspecified atom stereocenters. The number of methoxy groups -OCH3 is 1. The lowest BCUT2D eigenvalue weighted by Gasteiger charge is -2.33. The van der Waals surface area contributed by atoms with Gasteiger partial charge in [-0.05, 0) is 18.4 Å². The first-order chi connectivity index (χ1) is 11.4. The van der Waals surface area contributed by atoms with Crippen molar-refractivity contribution in [2.75, 3.05) is 33.4 Å². The fraction of sp³-hybridized carbons (Fsp3) is 0.562. The molecule has 0 radical (unpaired) electrons. The highest BCUT2D eigenvalue weighted by Gasteiger charge is 2.31. The van der Waals surface area contributed by atoms with Gasteiger partial charge in [0.05, 0.1) is 6.61 Å². The highest BCUT2D eigenvalue weighted by Crippen LogP contribution is 2.21. The summed E-state index contributed by atoms with van der Waals surface area (Å²) >= 11 is 0. The van der Waals surface area contributed by atoms with Crippen molar-refractivity contribution < 1.29 is 17.9 Å². The maximum absolute atomic E-state index is 12.8. The molecule has 1 aliphatic rings. The first-order valence-electron chi connectivity index (χ1n) is 8.01. The van der Waals surface area contributed by atoms with Crippen molar-refractivity contribution in [3.8, 4) is 0 Å². The average Bonchev–Trinajstić information content (AvgIpc) is 2.58. The molecule has 1 fully saturated rings. The van der Waals surface area contributed by atoms with Crippen LogP contribution in [0, 0.1) is 5.92 Å². The number of carbonyl (C=O) groups excluding carboxylic acids is 1. The Morgan fingerprint density at radius 3 is 2.46 bits per heavy atom. The zero-order chi connectivity index (χ0) is 17.6. The van der Waals surface area contributed by atoms with Crippen molar-refractivity contribution in [1.82, 2.24) is 9.21 Å². The summed E-state index contributed by atoms with van der Waals surface area (Å²) < 4.78 is 29.1. The SMILES string of the molecule is COCCN(Cc1ccccc1)C(=O)C1CCN(S(N)(=O)=O)CC1. The van der Waals surface area contributed by atoms with Crippen LogP contribution in [0.15, 0.2) is 30.3 Å². The van der Waals surface area contributed by atoms with E-state index in [0.717, 1.165) is 5.56 Å². The van der Waals surface area contributed by atoms with Gasteiger partial charge in [0.1, 0.15) is 0 Å². The van der Waals surface area contributed by atoms with Crippen LogP contribution in [0.3, 0.4) is 0 Å². The summed E-state index contributed by atoms with van der Waals surface area (Å²) in [4.78, 5) is 14.6. The highest BCUT2D eigenvalue weighted by molar-refractivity contribution is 7.86. The summed E-state index contributed by atoms with van der Waals surface area (Å²) in [6.07, 6.45) is 0.987. The zero-order valence-electron chi connectivity index (χ0n) is 13.9. The van der Waals surface area contributed by atoms with Crippen molar-refractivity contribution >= 4 is 16.1 Å². The Labute approximate surface area is 143 Å². The molecule has 1 aromatic rings. The van der Waals surface area contributed by atoms with Crippen LogP contribution >= 0.6 is 0 Å². The van der Waals surface area contributed by atoms with E-state index in [1.165, 1.54) is 4.31 Å². The third-order valence-corrected chi connectivity index (χ3v) is 5.34. The molecule has 0 spiro atoms. The number of benzene rings is 1. The molecule has 2 rings (SSSR count). The van der Waals surface area contributed by atoms with E-state index < -0.39 is 10.2 Å². The standard InChI is InChI=1S/C16H25N3O4S/c1-23-12-11-18(13-14-5-3-2-4-6-14)16(20)15-7-9-19(10-8-15)24(17,21)22/h2-6,15H,7-13H2,1H3,(H2,17,21,22). The van der Waals surface area contributed by atoms with Crippen molar-refractivity contribution in [2.45, 2.75) is 19.4 Å². The van der Waals surface area contributed by atoms with Gasteiger partial charge in [0.2, 0.25) is 5.91 Å². The molecule has 0 aliphatic carbocycles. The topological polar surface area (TPSA) is 92.9 Å². The first-order valence-corrected chi connectivity index (χ1v) is 9.51. The number of amides is 1. The Kier molecular flexibility index (Phi) is 6.73. The second kappa shape index (κ2) is 8.57. The lowest BCUT2D eigenvalue weighted by Crippen LogP contribution is -2.46. The molecule has 1 aromatic carbocycles. The van der Waals surface area contributed by atoms with Gasteiger partial charge >= 0.3 is 0 Å². The fourth-order valence-corrected chi connectivity index (χ4v) is 3.61. The summed E-state index contributed by atoms with van der Waals surface area (Å²) in [5.41, 5.74) is 1.06. The minimum absolute atomic E-state index is 0.0463. The molecule has 0 aromatic heterocycles. The number of hydrogen-bond acceptors (Lipinski definition) is 4. The maximum atomic E-state index is 12.8. The normalized spacial score (nSPS) is 16.9. The highest BCUT2D eigenvalue weighted by atomic mass is 32.2. The number of hydrogen-bond donors (Lipinski definition) is 1. The van der Waals surface area contributed by atoms with Crippen LogP contribution in [0.5, 0.6) is 0 Å². The molecule has 7 nitrogen and oxygen atoms in total. The van der Waals surface area contributed by atoms with E-state index in [1.807, 2.05) is 30.3 Å². The first kappa shape index (κ1) is 18.9. The van der Waals surface area contributed by atoms with Gasteiger partial charge in [-0.15, -0.1) is 0 Å². The number of ether oxygens (including phenoxy) is 1. The molecule has 134 valence electrons. The van der Waals surface area contributed by atoms with E-state index in [9.17, 15) is 13.2 Å². The predicted octanol–water partition coefficient (Wildman–Crippen LogP) is 0.577. The largest absolute Gasteiger partial charge is 0.383 e. The van der Waals surface area contributed by atoms with Crippen LogP contribution < -0.4 is 5.14 Å². The molecule has 1 heterocycles. The van der Waals surface area contributed by atoms with Gasteiger partial charge in [0.15, 0.2) is 0 Å². The Bertz CT molecular complexity index is 628. The van der Waals surface area contributed by atoms with E-state index in [-0.39, 0.29) is 11.8 Å². The molecule has 1 saturated heterocycles. The average molecular weight is 355 g/mol. The number of carbonyl (C=O) groups is 1. The third kappa shape index (κ3) is 5.27. The monoisotopic (exact) mass is 355 g/mol. The Balaban J connectivity index is 2.00. The van der Waals surface area contributed by atoms with E-state index in [4.69, 9.17) is 9.88 Å². The van der Waals surface area contributed by atoms with Gasteiger partial charge in [-0.1, -0.05) is 30.3 Å². The molecule has 24 heavy (non-hydrogen) atoms. The van der Waals surface area contributed by atoms with Gasteiger partial charge in [-0.25, -0.2) is 5.14 Å². The van der Waals surface area contributed by atoms with Crippen LogP contribution in [-0.4, -0.2) is 56.9 Å². The van der Waals surface area contributed by atoms with Gasteiger partial charge in [0, 0.05) is 39.2 Å². The number of nitrogens with zero attached hydrogens (tertiary/aromatic N) is 2. The minimum Gasteiger partial charge on any atom is -0.383 e. The van der Waals surface area contributed by atoms with Crippen molar-refractivity contribution in [3.05, 3.63) is 35.9 Å². The Morgan fingerprint density at radius 1 is 1.29 bits per heavy atom. The van der Waals surface area contributed by atoms with Crippen LogP contribution in [0.4, 0.5) is 0 Å². The second-order valence-electron chi connectivity index (χ2n) is 5.96. The molecule has 1 aliphatic heterocycles. The summed E-state index contributed by atoms with van der Waals surface area (Å²) in [5, 5.41) is 5.15.